The molecule has 0 bridgehead atoms. The van der Waals surface area contributed by atoms with Crippen LogP contribution in [-0.4, -0.2) is 30.8 Å². The molecule has 0 amide bonds. The van der Waals surface area contributed by atoms with Crippen molar-refractivity contribution in [2.45, 2.75) is 39.3 Å². The highest BCUT2D eigenvalue weighted by atomic mass is 79.9. The van der Waals surface area contributed by atoms with Crippen LogP contribution in [-0.2, 0) is 6.54 Å². The summed E-state index contributed by atoms with van der Waals surface area (Å²) in [6.07, 6.45) is 1.62. The molecule has 2 rings (SSSR count). The summed E-state index contributed by atoms with van der Waals surface area (Å²) in [5.74, 6) is 0.663. The first kappa shape index (κ1) is 15.8. The fourth-order valence-corrected chi connectivity index (χ4v) is 3.01. The van der Waals surface area contributed by atoms with Crippen LogP contribution < -0.4 is 10.2 Å². The van der Waals surface area contributed by atoms with E-state index in [0.29, 0.717) is 5.92 Å². The number of rotatable bonds is 5. The van der Waals surface area contributed by atoms with E-state index in [1.165, 1.54) is 11.3 Å². The van der Waals surface area contributed by atoms with E-state index in [-0.39, 0.29) is 6.10 Å². The lowest BCUT2D eigenvalue weighted by atomic mass is 10.0. The summed E-state index contributed by atoms with van der Waals surface area (Å²) in [5, 5.41) is 13.2. The van der Waals surface area contributed by atoms with Crippen LogP contribution >= 0.6 is 15.9 Å². The topological polar surface area (TPSA) is 35.5 Å². The molecule has 1 saturated heterocycles. The summed E-state index contributed by atoms with van der Waals surface area (Å²) in [4.78, 5) is 2.39. The lowest BCUT2D eigenvalue weighted by Gasteiger charge is -2.33. The Balaban J connectivity index is 2.07. The Labute approximate surface area is 130 Å². The van der Waals surface area contributed by atoms with Crippen molar-refractivity contribution in [1.29, 1.82) is 0 Å². The lowest BCUT2D eigenvalue weighted by molar-refractivity contribution is 0.145. The fraction of sp³-hybridized carbons (Fsp3) is 0.625. The Bertz CT molecular complexity index is 428. The minimum Gasteiger partial charge on any atom is -0.393 e. The molecule has 0 saturated carbocycles. The first-order valence-corrected chi connectivity index (χ1v) is 8.27. The van der Waals surface area contributed by atoms with Crippen LogP contribution in [0.1, 0.15) is 32.3 Å². The summed E-state index contributed by atoms with van der Waals surface area (Å²) in [7, 11) is 0. The molecule has 4 heteroatoms. The van der Waals surface area contributed by atoms with Crippen molar-refractivity contribution in [2.75, 3.05) is 24.5 Å². The van der Waals surface area contributed by atoms with Crippen LogP contribution in [0.3, 0.4) is 0 Å². The van der Waals surface area contributed by atoms with Gasteiger partial charge in [-0.15, -0.1) is 0 Å². The van der Waals surface area contributed by atoms with Gasteiger partial charge in [0.1, 0.15) is 0 Å². The molecule has 2 N–H and O–H groups in total. The van der Waals surface area contributed by atoms with Gasteiger partial charge in [-0.1, -0.05) is 29.8 Å². The molecule has 1 aliphatic heterocycles. The van der Waals surface area contributed by atoms with Crippen molar-refractivity contribution in [1.82, 2.24) is 5.32 Å². The zero-order valence-corrected chi connectivity index (χ0v) is 14.0. The SMILES string of the molecule is CC(C)CNCc1cc(Br)ccc1N1CCC(O)CC1. The highest BCUT2D eigenvalue weighted by molar-refractivity contribution is 9.10. The molecule has 1 aromatic rings. The molecule has 1 aliphatic rings. The third kappa shape index (κ3) is 4.47. The molecule has 0 unspecified atom stereocenters. The van der Waals surface area contributed by atoms with Gasteiger partial charge in [0.15, 0.2) is 0 Å². The average Bonchev–Trinajstić information content (AvgIpc) is 2.40. The maximum Gasteiger partial charge on any atom is 0.0574 e. The number of hydrogen-bond acceptors (Lipinski definition) is 3. The Morgan fingerprint density at radius 2 is 2.05 bits per heavy atom. The van der Waals surface area contributed by atoms with E-state index in [2.05, 4.69) is 58.2 Å². The van der Waals surface area contributed by atoms with Gasteiger partial charge in [-0.05, 0) is 49.1 Å². The molecule has 1 fully saturated rings. The standard InChI is InChI=1S/C16H25BrN2O/c1-12(2)10-18-11-13-9-14(17)3-4-16(13)19-7-5-15(20)6-8-19/h3-4,9,12,15,18,20H,5-8,10-11H2,1-2H3. The van der Waals surface area contributed by atoms with Crippen molar-refractivity contribution in [3.63, 3.8) is 0 Å². The predicted molar refractivity (Wildman–Crippen MR) is 88.1 cm³/mol. The number of halogens is 1. The predicted octanol–water partition coefficient (Wildman–Crippen LogP) is 3.16. The van der Waals surface area contributed by atoms with Gasteiger partial charge in [-0.3, -0.25) is 0 Å². The molecule has 20 heavy (non-hydrogen) atoms. The molecular formula is C16H25BrN2O. The zero-order valence-electron chi connectivity index (χ0n) is 12.4. The quantitative estimate of drug-likeness (QED) is 0.864. The second kappa shape index (κ2) is 7.43. The van der Waals surface area contributed by atoms with E-state index >= 15 is 0 Å². The first-order valence-electron chi connectivity index (χ1n) is 7.48. The number of aliphatic hydroxyl groups excluding tert-OH is 1. The third-order valence-corrected chi connectivity index (χ3v) is 4.21. The Morgan fingerprint density at radius 3 is 2.70 bits per heavy atom. The molecular weight excluding hydrogens is 316 g/mol. The summed E-state index contributed by atoms with van der Waals surface area (Å²) in [6.45, 7) is 8.26. The minimum absolute atomic E-state index is 0.121. The maximum absolute atomic E-state index is 9.64. The van der Waals surface area contributed by atoms with Gasteiger partial charge in [0.2, 0.25) is 0 Å². The van der Waals surface area contributed by atoms with Gasteiger partial charge in [0.05, 0.1) is 6.10 Å². The Hall–Kier alpha value is -0.580. The number of benzene rings is 1. The van der Waals surface area contributed by atoms with Crippen LogP contribution in [0.5, 0.6) is 0 Å². The summed E-state index contributed by atoms with van der Waals surface area (Å²) in [6, 6.07) is 6.49. The largest absolute Gasteiger partial charge is 0.393 e. The molecule has 3 nitrogen and oxygen atoms in total. The lowest BCUT2D eigenvalue weighted by Crippen LogP contribution is -2.36. The van der Waals surface area contributed by atoms with Crippen molar-refractivity contribution < 1.29 is 5.11 Å². The highest BCUT2D eigenvalue weighted by Gasteiger charge is 2.19. The van der Waals surface area contributed by atoms with E-state index in [4.69, 9.17) is 0 Å². The third-order valence-electron chi connectivity index (χ3n) is 3.71. The average molecular weight is 341 g/mol. The molecule has 0 aromatic heterocycles. The fourth-order valence-electron chi connectivity index (χ4n) is 2.61. The highest BCUT2D eigenvalue weighted by Crippen LogP contribution is 2.27. The monoisotopic (exact) mass is 340 g/mol. The van der Waals surface area contributed by atoms with Crippen molar-refractivity contribution in [3.05, 3.63) is 28.2 Å². The molecule has 0 spiro atoms. The van der Waals surface area contributed by atoms with Gasteiger partial charge >= 0.3 is 0 Å². The Kier molecular flexibility index (Phi) is 5.87. The minimum atomic E-state index is -0.121. The summed E-state index contributed by atoms with van der Waals surface area (Å²) in [5.41, 5.74) is 2.63. The number of nitrogens with one attached hydrogen (secondary N) is 1. The molecule has 0 atom stereocenters. The molecule has 0 radical (unpaired) electrons. The van der Waals surface area contributed by atoms with Crippen molar-refractivity contribution in [3.8, 4) is 0 Å². The van der Waals surface area contributed by atoms with Gasteiger partial charge in [-0.25, -0.2) is 0 Å². The van der Waals surface area contributed by atoms with Crippen molar-refractivity contribution >= 4 is 21.6 Å². The van der Waals surface area contributed by atoms with Crippen LogP contribution in [0.25, 0.3) is 0 Å². The molecule has 1 heterocycles. The smallest absolute Gasteiger partial charge is 0.0574 e. The van der Waals surface area contributed by atoms with E-state index in [1.807, 2.05) is 0 Å². The van der Waals surface area contributed by atoms with Gasteiger partial charge in [0.25, 0.3) is 0 Å². The molecule has 112 valence electrons. The van der Waals surface area contributed by atoms with Crippen LogP contribution in [0.15, 0.2) is 22.7 Å². The second-order valence-corrected chi connectivity index (χ2v) is 6.93. The number of nitrogens with zero attached hydrogens (tertiary/aromatic N) is 1. The first-order chi connectivity index (χ1) is 9.56. The van der Waals surface area contributed by atoms with E-state index < -0.39 is 0 Å². The van der Waals surface area contributed by atoms with Crippen molar-refractivity contribution in [2.24, 2.45) is 5.92 Å². The van der Waals surface area contributed by atoms with Gasteiger partial charge in [0, 0.05) is 29.8 Å². The van der Waals surface area contributed by atoms with Crippen LogP contribution in [0, 0.1) is 5.92 Å². The number of piperidine rings is 1. The van der Waals surface area contributed by atoms with Gasteiger partial charge in [-0.2, -0.15) is 0 Å². The van der Waals surface area contributed by atoms with Crippen LogP contribution in [0.2, 0.25) is 0 Å². The summed E-state index contributed by atoms with van der Waals surface area (Å²) >= 11 is 3.56. The van der Waals surface area contributed by atoms with E-state index in [0.717, 1.165) is 43.5 Å². The number of hydrogen-bond donors (Lipinski definition) is 2. The normalized spacial score (nSPS) is 16.9. The molecule has 0 aliphatic carbocycles. The van der Waals surface area contributed by atoms with Gasteiger partial charge < -0.3 is 15.3 Å². The number of aliphatic hydroxyl groups is 1. The Morgan fingerprint density at radius 1 is 1.35 bits per heavy atom. The van der Waals surface area contributed by atoms with E-state index in [1.54, 1.807) is 0 Å². The zero-order chi connectivity index (χ0) is 14.5. The number of anilines is 1. The second-order valence-electron chi connectivity index (χ2n) is 6.02. The van der Waals surface area contributed by atoms with Crippen LogP contribution in [0.4, 0.5) is 5.69 Å². The molecule has 1 aromatic carbocycles. The van der Waals surface area contributed by atoms with E-state index in [9.17, 15) is 5.11 Å². The summed E-state index contributed by atoms with van der Waals surface area (Å²) < 4.78 is 1.12. The maximum atomic E-state index is 9.64.